The molecule has 26 heavy (non-hydrogen) atoms. The molecule has 9 heteroatoms. The quantitative estimate of drug-likeness (QED) is 0.548. The predicted molar refractivity (Wildman–Crippen MR) is 93.4 cm³/mol. The Bertz CT molecular complexity index is 526. The van der Waals surface area contributed by atoms with Crippen LogP contribution in [0.15, 0.2) is 0 Å². The second-order valence-electron chi connectivity index (χ2n) is 7.49. The molecule has 0 aromatic carbocycles. The van der Waals surface area contributed by atoms with Crippen molar-refractivity contribution in [2.45, 2.75) is 78.7 Å². The van der Waals surface area contributed by atoms with Crippen LogP contribution in [-0.4, -0.2) is 52.8 Å². The molecule has 0 aromatic rings. The number of carboxylic acids is 1. The highest BCUT2D eigenvalue weighted by molar-refractivity contribution is 5.84. The third-order valence-electron chi connectivity index (χ3n) is 3.08. The van der Waals surface area contributed by atoms with E-state index in [0.717, 1.165) is 0 Å². The fourth-order valence-corrected chi connectivity index (χ4v) is 2.08. The number of carbonyl (C=O) groups is 4. The summed E-state index contributed by atoms with van der Waals surface area (Å²) in [6, 6.07) is -2.39. The molecule has 0 radical (unpaired) electrons. The van der Waals surface area contributed by atoms with Gasteiger partial charge in [0.2, 0.25) is 5.91 Å². The molecule has 0 saturated carbocycles. The van der Waals surface area contributed by atoms with Crippen molar-refractivity contribution >= 4 is 23.9 Å². The molecular weight excluding hydrogens is 344 g/mol. The van der Waals surface area contributed by atoms with Crippen molar-refractivity contribution in [2.75, 3.05) is 0 Å². The first-order chi connectivity index (χ1) is 11.7. The number of carboxylic acid groups (broad SMARTS) is 1. The van der Waals surface area contributed by atoms with Gasteiger partial charge in [0.15, 0.2) is 6.04 Å². The molecule has 150 valence electrons. The topological polar surface area (TPSA) is 131 Å². The van der Waals surface area contributed by atoms with E-state index in [4.69, 9.17) is 9.47 Å². The van der Waals surface area contributed by atoms with Gasteiger partial charge in [-0.2, -0.15) is 0 Å². The summed E-state index contributed by atoms with van der Waals surface area (Å²) in [5.74, 6) is -2.44. The normalized spacial score (nSPS) is 14.8. The Morgan fingerprint density at radius 1 is 1.04 bits per heavy atom. The van der Waals surface area contributed by atoms with E-state index >= 15 is 0 Å². The number of esters is 1. The van der Waals surface area contributed by atoms with Crippen LogP contribution in [0.2, 0.25) is 0 Å². The molecule has 0 unspecified atom stereocenters. The summed E-state index contributed by atoms with van der Waals surface area (Å²) >= 11 is 0. The smallest absolute Gasteiger partial charge is 0.408 e. The second kappa shape index (κ2) is 9.98. The zero-order valence-corrected chi connectivity index (χ0v) is 16.4. The van der Waals surface area contributed by atoms with Gasteiger partial charge < -0.3 is 25.2 Å². The highest BCUT2D eigenvalue weighted by atomic mass is 16.6. The van der Waals surface area contributed by atoms with Crippen molar-refractivity contribution in [3.05, 3.63) is 0 Å². The molecule has 0 spiro atoms. The molecule has 0 saturated heterocycles. The summed E-state index contributed by atoms with van der Waals surface area (Å²) in [5.41, 5.74) is -0.805. The largest absolute Gasteiger partial charge is 0.480 e. The first-order valence-electron chi connectivity index (χ1n) is 8.42. The summed E-state index contributed by atoms with van der Waals surface area (Å²) in [7, 11) is 0. The minimum atomic E-state index is -1.49. The van der Waals surface area contributed by atoms with E-state index in [1.165, 1.54) is 13.8 Å². The molecular formula is C17H30N2O7. The number of aliphatic carboxylic acids is 1. The summed E-state index contributed by atoms with van der Waals surface area (Å²) in [5, 5.41) is 14.0. The average Bonchev–Trinajstić information content (AvgIpc) is 2.40. The molecule has 3 atom stereocenters. The van der Waals surface area contributed by atoms with E-state index in [-0.39, 0.29) is 5.92 Å². The van der Waals surface area contributed by atoms with Gasteiger partial charge in [-0.05, 0) is 40.0 Å². The summed E-state index contributed by atoms with van der Waals surface area (Å²) in [4.78, 5) is 46.8. The van der Waals surface area contributed by atoms with Gasteiger partial charge in [0, 0.05) is 6.92 Å². The Morgan fingerprint density at radius 3 is 1.96 bits per heavy atom. The van der Waals surface area contributed by atoms with E-state index in [9.17, 15) is 24.3 Å². The molecule has 0 fully saturated rings. The maximum absolute atomic E-state index is 12.3. The van der Waals surface area contributed by atoms with Crippen LogP contribution in [0.5, 0.6) is 0 Å². The van der Waals surface area contributed by atoms with Gasteiger partial charge in [-0.15, -0.1) is 0 Å². The number of hydrogen-bond donors (Lipinski definition) is 3. The average molecular weight is 374 g/mol. The standard InChI is InChI=1S/C17H30N2O7/c1-9(2)8-12(18-11(4)20)15(23)25-10(3)13(14(21)22)19-16(24)26-17(5,6)7/h9-10,12-13H,8H2,1-7H3,(H,18,20)(H,19,24)(H,21,22)/t10-,12+,13+/m1/s1. The third-order valence-corrected chi connectivity index (χ3v) is 3.08. The van der Waals surface area contributed by atoms with Crippen molar-refractivity contribution in [3.8, 4) is 0 Å². The Morgan fingerprint density at radius 2 is 1.58 bits per heavy atom. The predicted octanol–water partition coefficient (Wildman–Crippen LogP) is 1.45. The number of nitrogens with one attached hydrogen (secondary N) is 2. The monoisotopic (exact) mass is 374 g/mol. The molecule has 3 N–H and O–H groups in total. The Kier molecular flexibility index (Phi) is 9.09. The van der Waals surface area contributed by atoms with Crippen LogP contribution in [0.1, 0.15) is 54.9 Å². The van der Waals surface area contributed by atoms with Gasteiger partial charge in [0.05, 0.1) is 0 Å². The molecule has 0 aliphatic rings. The third kappa shape index (κ3) is 9.85. The maximum Gasteiger partial charge on any atom is 0.408 e. The summed E-state index contributed by atoms with van der Waals surface area (Å²) in [6.07, 6.45) is -1.77. The van der Waals surface area contributed by atoms with E-state index in [1.54, 1.807) is 20.8 Å². The van der Waals surface area contributed by atoms with E-state index in [1.807, 2.05) is 13.8 Å². The number of ether oxygens (including phenoxy) is 2. The maximum atomic E-state index is 12.3. The highest BCUT2D eigenvalue weighted by Gasteiger charge is 2.33. The number of amides is 2. The lowest BCUT2D eigenvalue weighted by molar-refractivity contribution is -0.158. The van der Waals surface area contributed by atoms with E-state index < -0.39 is 47.7 Å². The number of alkyl carbamates (subject to hydrolysis) is 1. The Labute approximate surface area is 153 Å². The van der Waals surface area contributed by atoms with E-state index in [0.29, 0.717) is 6.42 Å². The van der Waals surface area contributed by atoms with Crippen molar-refractivity contribution in [1.29, 1.82) is 0 Å². The fourth-order valence-electron chi connectivity index (χ4n) is 2.08. The zero-order chi connectivity index (χ0) is 20.7. The molecule has 0 heterocycles. The van der Waals surface area contributed by atoms with Crippen molar-refractivity contribution in [1.82, 2.24) is 10.6 Å². The summed E-state index contributed by atoms with van der Waals surface area (Å²) < 4.78 is 10.2. The van der Waals surface area contributed by atoms with Crippen molar-refractivity contribution in [3.63, 3.8) is 0 Å². The second-order valence-corrected chi connectivity index (χ2v) is 7.49. The van der Waals surface area contributed by atoms with Crippen molar-refractivity contribution < 1.29 is 33.8 Å². The zero-order valence-electron chi connectivity index (χ0n) is 16.4. The number of carbonyl (C=O) groups excluding carboxylic acids is 3. The number of rotatable bonds is 8. The van der Waals surface area contributed by atoms with Crippen LogP contribution in [0.3, 0.4) is 0 Å². The van der Waals surface area contributed by atoms with Gasteiger partial charge in [0.1, 0.15) is 17.7 Å². The lowest BCUT2D eigenvalue weighted by Gasteiger charge is -2.26. The lowest BCUT2D eigenvalue weighted by Crippen LogP contribution is -2.52. The molecule has 0 aliphatic carbocycles. The molecule has 0 aromatic heterocycles. The van der Waals surface area contributed by atoms with Crippen LogP contribution in [0.25, 0.3) is 0 Å². The molecule has 0 bridgehead atoms. The lowest BCUT2D eigenvalue weighted by atomic mass is 10.0. The minimum Gasteiger partial charge on any atom is -0.480 e. The molecule has 0 aliphatic heterocycles. The first-order valence-corrected chi connectivity index (χ1v) is 8.42. The fraction of sp³-hybridized carbons (Fsp3) is 0.765. The van der Waals surface area contributed by atoms with Crippen LogP contribution in [0.4, 0.5) is 4.79 Å². The van der Waals surface area contributed by atoms with E-state index in [2.05, 4.69) is 10.6 Å². The minimum absolute atomic E-state index is 0.102. The van der Waals surface area contributed by atoms with Gasteiger partial charge in [-0.25, -0.2) is 14.4 Å². The van der Waals surface area contributed by atoms with Crippen LogP contribution in [-0.2, 0) is 23.9 Å². The highest BCUT2D eigenvalue weighted by Crippen LogP contribution is 2.11. The van der Waals surface area contributed by atoms with Crippen LogP contribution in [0, 0.1) is 5.92 Å². The van der Waals surface area contributed by atoms with Gasteiger partial charge in [0.25, 0.3) is 0 Å². The Hall–Kier alpha value is -2.32. The Balaban J connectivity index is 5.04. The van der Waals surface area contributed by atoms with Crippen LogP contribution < -0.4 is 10.6 Å². The summed E-state index contributed by atoms with van der Waals surface area (Å²) in [6.45, 7) is 11.3. The van der Waals surface area contributed by atoms with Gasteiger partial charge in [-0.1, -0.05) is 13.8 Å². The van der Waals surface area contributed by atoms with Crippen LogP contribution >= 0.6 is 0 Å². The van der Waals surface area contributed by atoms with Gasteiger partial charge >= 0.3 is 18.0 Å². The molecule has 0 rings (SSSR count). The molecule has 9 nitrogen and oxygen atoms in total. The van der Waals surface area contributed by atoms with Crippen molar-refractivity contribution in [2.24, 2.45) is 5.92 Å². The number of hydrogen-bond acceptors (Lipinski definition) is 6. The SMILES string of the molecule is CC(=O)N[C@@H](CC(C)C)C(=O)O[C@H](C)[C@H](NC(=O)OC(C)(C)C)C(=O)O. The molecule has 2 amide bonds. The first kappa shape index (κ1) is 23.7. The van der Waals surface area contributed by atoms with Gasteiger partial charge in [-0.3, -0.25) is 4.79 Å².